The second kappa shape index (κ2) is 2.93. The lowest BCUT2D eigenvalue weighted by Gasteiger charge is -1.85. The molecule has 62 valence electrons. The topological polar surface area (TPSA) is 38.9 Å². The van der Waals surface area contributed by atoms with Crippen molar-refractivity contribution in [1.29, 1.82) is 0 Å². The van der Waals surface area contributed by atoms with Crippen LogP contribution in [-0.2, 0) is 6.42 Å². The van der Waals surface area contributed by atoms with Gasteiger partial charge in [-0.2, -0.15) is 0 Å². The largest absolute Gasteiger partial charge is 0.441 e. The van der Waals surface area contributed by atoms with Crippen LogP contribution in [0.2, 0.25) is 0 Å². The van der Waals surface area contributed by atoms with Crippen molar-refractivity contribution >= 4 is 11.1 Å². The fourth-order valence-corrected chi connectivity index (χ4v) is 1.15. The second-order valence-electron chi connectivity index (χ2n) is 2.70. The Balaban J connectivity index is 2.47. The van der Waals surface area contributed by atoms with Gasteiger partial charge < -0.3 is 4.42 Å². The first-order valence-electron chi connectivity index (χ1n) is 4.09. The molecule has 0 atom stereocenters. The number of fused-ring (bicyclic) bond motifs is 1. The van der Waals surface area contributed by atoms with Crippen LogP contribution in [0.15, 0.2) is 22.9 Å². The molecule has 0 unspecified atom stereocenters. The molecule has 0 aliphatic carbocycles. The molecule has 3 heteroatoms. The zero-order valence-corrected chi connectivity index (χ0v) is 6.95. The summed E-state index contributed by atoms with van der Waals surface area (Å²) in [5.41, 5.74) is 1.68. The summed E-state index contributed by atoms with van der Waals surface area (Å²) in [5.74, 6) is 0.806. The van der Waals surface area contributed by atoms with E-state index in [0.717, 1.165) is 29.8 Å². The van der Waals surface area contributed by atoms with E-state index in [0.29, 0.717) is 0 Å². The standard InChI is InChI=1S/C9H10N2O/c1-2-3-9-11-7-6-10-5-4-8(7)12-9/h4-6H,2-3H2,1H3. The van der Waals surface area contributed by atoms with Gasteiger partial charge in [-0.3, -0.25) is 4.98 Å². The maximum Gasteiger partial charge on any atom is 0.195 e. The number of nitrogens with zero attached hydrogens (tertiary/aromatic N) is 2. The van der Waals surface area contributed by atoms with Gasteiger partial charge in [-0.25, -0.2) is 4.98 Å². The van der Waals surface area contributed by atoms with Crippen molar-refractivity contribution < 1.29 is 4.42 Å². The average molecular weight is 162 g/mol. The number of oxazole rings is 1. The Morgan fingerprint density at radius 3 is 3.17 bits per heavy atom. The molecule has 0 fully saturated rings. The highest BCUT2D eigenvalue weighted by atomic mass is 16.3. The van der Waals surface area contributed by atoms with Gasteiger partial charge in [0.25, 0.3) is 0 Å². The normalized spacial score (nSPS) is 10.8. The summed E-state index contributed by atoms with van der Waals surface area (Å²) in [6, 6.07) is 1.83. The SMILES string of the molecule is CCCc1nc2cnccc2o1. The Kier molecular flexibility index (Phi) is 1.78. The van der Waals surface area contributed by atoms with Crippen molar-refractivity contribution in [3.05, 3.63) is 24.4 Å². The number of hydrogen-bond donors (Lipinski definition) is 0. The van der Waals surface area contributed by atoms with E-state index < -0.39 is 0 Å². The summed E-state index contributed by atoms with van der Waals surface area (Å²) in [4.78, 5) is 8.24. The summed E-state index contributed by atoms with van der Waals surface area (Å²) in [6.07, 6.45) is 5.39. The Morgan fingerprint density at radius 1 is 1.50 bits per heavy atom. The highest BCUT2D eigenvalue weighted by molar-refractivity contribution is 5.70. The summed E-state index contributed by atoms with van der Waals surface area (Å²) in [7, 11) is 0. The van der Waals surface area contributed by atoms with E-state index in [-0.39, 0.29) is 0 Å². The van der Waals surface area contributed by atoms with Gasteiger partial charge in [-0.15, -0.1) is 0 Å². The predicted octanol–water partition coefficient (Wildman–Crippen LogP) is 2.18. The molecule has 0 saturated heterocycles. The zero-order chi connectivity index (χ0) is 8.39. The summed E-state index contributed by atoms with van der Waals surface area (Å²) < 4.78 is 5.46. The number of aromatic nitrogens is 2. The molecular weight excluding hydrogens is 152 g/mol. The van der Waals surface area contributed by atoms with Crippen LogP contribution in [0.3, 0.4) is 0 Å². The average Bonchev–Trinajstić information content (AvgIpc) is 2.47. The lowest BCUT2D eigenvalue weighted by molar-refractivity contribution is 0.525. The summed E-state index contributed by atoms with van der Waals surface area (Å²) in [5, 5.41) is 0. The van der Waals surface area contributed by atoms with Crippen LogP contribution in [0.5, 0.6) is 0 Å². The van der Waals surface area contributed by atoms with Gasteiger partial charge in [0.1, 0.15) is 5.52 Å². The molecule has 3 nitrogen and oxygen atoms in total. The van der Waals surface area contributed by atoms with Gasteiger partial charge in [0.2, 0.25) is 0 Å². The van der Waals surface area contributed by atoms with Crippen molar-refractivity contribution in [2.24, 2.45) is 0 Å². The molecule has 12 heavy (non-hydrogen) atoms. The van der Waals surface area contributed by atoms with Crippen LogP contribution >= 0.6 is 0 Å². The van der Waals surface area contributed by atoms with Crippen LogP contribution in [-0.4, -0.2) is 9.97 Å². The second-order valence-corrected chi connectivity index (χ2v) is 2.70. The van der Waals surface area contributed by atoms with Crippen molar-refractivity contribution in [1.82, 2.24) is 9.97 Å². The fraction of sp³-hybridized carbons (Fsp3) is 0.333. The Hall–Kier alpha value is -1.38. The minimum Gasteiger partial charge on any atom is -0.441 e. The molecule has 0 aromatic carbocycles. The zero-order valence-electron chi connectivity index (χ0n) is 6.95. The molecule has 0 bridgehead atoms. The monoisotopic (exact) mass is 162 g/mol. The maximum absolute atomic E-state index is 5.46. The third kappa shape index (κ3) is 1.18. The van der Waals surface area contributed by atoms with E-state index in [1.807, 2.05) is 6.07 Å². The fourth-order valence-electron chi connectivity index (χ4n) is 1.15. The number of aryl methyl sites for hydroxylation is 1. The van der Waals surface area contributed by atoms with E-state index in [2.05, 4.69) is 16.9 Å². The van der Waals surface area contributed by atoms with Crippen molar-refractivity contribution in [2.75, 3.05) is 0 Å². The molecule has 2 aromatic heterocycles. The van der Waals surface area contributed by atoms with Gasteiger partial charge in [-0.05, 0) is 6.42 Å². The van der Waals surface area contributed by atoms with Crippen LogP contribution in [0, 0.1) is 0 Å². The van der Waals surface area contributed by atoms with Crippen molar-refractivity contribution in [3.8, 4) is 0 Å². The van der Waals surface area contributed by atoms with E-state index >= 15 is 0 Å². The molecule has 0 amide bonds. The first-order chi connectivity index (χ1) is 5.90. The molecule has 2 heterocycles. The molecule has 2 aromatic rings. The summed E-state index contributed by atoms with van der Waals surface area (Å²) in [6.45, 7) is 2.10. The molecule has 0 spiro atoms. The Labute approximate surface area is 70.4 Å². The van der Waals surface area contributed by atoms with Gasteiger partial charge in [0.15, 0.2) is 11.5 Å². The Morgan fingerprint density at radius 2 is 2.42 bits per heavy atom. The van der Waals surface area contributed by atoms with Gasteiger partial charge in [0, 0.05) is 18.7 Å². The highest BCUT2D eigenvalue weighted by Gasteiger charge is 2.02. The van der Waals surface area contributed by atoms with E-state index in [4.69, 9.17) is 4.42 Å². The number of pyridine rings is 1. The quantitative estimate of drug-likeness (QED) is 0.679. The van der Waals surface area contributed by atoms with Gasteiger partial charge >= 0.3 is 0 Å². The van der Waals surface area contributed by atoms with E-state index in [1.165, 1.54) is 0 Å². The molecule has 0 saturated carbocycles. The molecule has 0 aliphatic rings. The van der Waals surface area contributed by atoms with Crippen LogP contribution in [0.25, 0.3) is 11.1 Å². The Bertz CT molecular complexity index is 348. The predicted molar refractivity (Wildman–Crippen MR) is 45.8 cm³/mol. The van der Waals surface area contributed by atoms with Crippen molar-refractivity contribution in [3.63, 3.8) is 0 Å². The third-order valence-electron chi connectivity index (χ3n) is 1.70. The van der Waals surface area contributed by atoms with Crippen LogP contribution in [0.1, 0.15) is 19.2 Å². The van der Waals surface area contributed by atoms with Crippen LogP contribution in [0.4, 0.5) is 0 Å². The minimum atomic E-state index is 0.806. The lowest BCUT2D eigenvalue weighted by atomic mass is 10.3. The van der Waals surface area contributed by atoms with E-state index in [9.17, 15) is 0 Å². The minimum absolute atomic E-state index is 0.806. The van der Waals surface area contributed by atoms with E-state index in [1.54, 1.807) is 12.4 Å². The molecule has 0 N–H and O–H groups in total. The highest BCUT2D eigenvalue weighted by Crippen LogP contribution is 2.13. The lowest BCUT2D eigenvalue weighted by Crippen LogP contribution is -1.80. The van der Waals surface area contributed by atoms with Crippen LogP contribution < -0.4 is 0 Å². The first kappa shape index (κ1) is 7.28. The smallest absolute Gasteiger partial charge is 0.195 e. The number of rotatable bonds is 2. The van der Waals surface area contributed by atoms with Gasteiger partial charge in [-0.1, -0.05) is 6.92 Å². The first-order valence-corrected chi connectivity index (χ1v) is 4.09. The molecular formula is C9H10N2O. The molecule has 2 rings (SSSR count). The van der Waals surface area contributed by atoms with Crippen molar-refractivity contribution in [2.45, 2.75) is 19.8 Å². The third-order valence-corrected chi connectivity index (χ3v) is 1.70. The van der Waals surface area contributed by atoms with Gasteiger partial charge in [0.05, 0.1) is 6.20 Å². The number of hydrogen-bond acceptors (Lipinski definition) is 3. The maximum atomic E-state index is 5.46. The molecule has 0 aliphatic heterocycles. The molecule has 0 radical (unpaired) electrons. The summed E-state index contributed by atoms with van der Waals surface area (Å²) >= 11 is 0.